The van der Waals surface area contributed by atoms with Crippen LogP contribution in [0.5, 0.6) is 0 Å². The molecule has 0 unspecified atom stereocenters. The van der Waals surface area contributed by atoms with E-state index in [0.29, 0.717) is 51.6 Å². The number of carbonyl (C=O) groups excluding carboxylic acids is 1. The summed E-state index contributed by atoms with van der Waals surface area (Å²) in [7, 11) is 0. The Balaban J connectivity index is 0.000000546. The van der Waals surface area contributed by atoms with Crippen molar-refractivity contribution in [1.82, 2.24) is 30.7 Å². The molecule has 2 amide bonds. The molecule has 3 aliphatic heterocycles. The number of hydrogen-bond acceptors (Lipinski definition) is 8. The van der Waals surface area contributed by atoms with E-state index in [1.54, 1.807) is 6.92 Å². The average molecular weight is 706 g/mol. The van der Waals surface area contributed by atoms with Gasteiger partial charge in [0, 0.05) is 72.1 Å². The Labute approximate surface area is 308 Å². The fraction of sp³-hybridized carbons (Fsp3) is 0.875. The quantitative estimate of drug-likeness (QED) is 0.123. The van der Waals surface area contributed by atoms with Gasteiger partial charge >= 0.3 is 6.03 Å². The van der Waals surface area contributed by atoms with Gasteiger partial charge in [-0.1, -0.05) is 13.8 Å². The van der Waals surface area contributed by atoms with Gasteiger partial charge in [-0.3, -0.25) is 0 Å². The molecule has 0 aromatic carbocycles. The number of terminal acetylenes is 2. The first kappa shape index (κ1) is 44.3. The fourth-order valence-electron chi connectivity index (χ4n) is 8.78. The van der Waals surface area contributed by atoms with E-state index >= 15 is 0 Å². The molecule has 0 radical (unpaired) electrons. The fourth-order valence-corrected chi connectivity index (χ4v) is 8.78. The van der Waals surface area contributed by atoms with Crippen molar-refractivity contribution in [3.63, 3.8) is 0 Å². The van der Waals surface area contributed by atoms with Crippen molar-refractivity contribution < 1.29 is 21.8 Å². The molecule has 3 aliphatic rings. The first-order valence-electron chi connectivity index (χ1n) is 19.4. The van der Waals surface area contributed by atoms with Crippen molar-refractivity contribution in [2.24, 2.45) is 0 Å². The Morgan fingerprint density at radius 1 is 0.700 bits per heavy atom. The Bertz CT molecular complexity index is 1120. The number of unbranched alkanes of at least 4 members (excludes halogenated alkanes) is 2. The minimum absolute atomic E-state index is 0.00475. The third kappa shape index (κ3) is 12.4. The Hall–Kier alpha value is -1.89. The van der Waals surface area contributed by atoms with Gasteiger partial charge in [0.1, 0.15) is 0 Å². The Morgan fingerprint density at radius 2 is 1.04 bits per heavy atom. The van der Waals surface area contributed by atoms with Gasteiger partial charge in [-0.2, -0.15) is 15.2 Å². The van der Waals surface area contributed by atoms with E-state index in [2.05, 4.69) is 50.2 Å². The van der Waals surface area contributed by atoms with Gasteiger partial charge in [-0.15, -0.1) is 24.7 Å². The van der Waals surface area contributed by atoms with Gasteiger partial charge in [0.05, 0.1) is 0 Å². The molecule has 10 nitrogen and oxygen atoms in total. The number of urea groups is 1. The molecule has 50 heavy (non-hydrogen) atoms. The maximum absolute atomic E-state index is 13.5. The van der Waals surface area contributed by atoms with Crippen LogP contribution in [0.25, 0.3) is 0 Å². The van der Waals surface area contributed by atoms with Crippen LogP contribution in [-0.4, -0.2) is 106 Å². The molecule has 5 N–H and O–H groups in total. The van der Waals surface area contributed by atoms with Crippen LogP contribution in [0.2, 0.25) is 0 Å². The summed E-state index contributed by atoms with van der Waals surface area (Å²) in [5, 5.41) is 42.6. The van der Waals surface area contributed by atoms with E-state index in [0.717, 1.165) is 38.6 Å². The lowest BCUT2D eigenvalue weighted by Crippen LogP contribution is -2.66. The van der Waals surface area contributed by atoms with E-state index in [4.69, 9.17) is 14.2 Å². The van der Waals surface area contributed by atoms with E-state index in [1.165, 1.54) is 15.2 Å². The maximum atomic E-state index is 13.5. The zero-order valence-corrected chi connectivity index (χ0v) is 34.1. The van der Waals surface area contributed by atoms with Crippen molar-refractivity contribution in [2.45, 2.75) is 212 Å². The van der Waals surface area contributed by atoms with Crippen LogP contribution in [0.15, 0.2) is 0 Å². The number of rotatable bonds is 9. The van der Waals surface area contributed by atoms with Crippen LogP contribution >= 0.6 is 0 Å². The normalized spacial score (nSPS) is 25.0. The summed E-state index contributed by atoms with van der Waals surface area (Å²) in [6.07, 6.45) is 18.5. The lowest BCUT2D eigenvalue weighted by molar-refractivity contribution is -0.250. The lowest BCUT2D eigenvalue weighted by Gasteiger charge is -2.54. The van der Waals surface area contributed by atoms with E-state index in [9.17, 15) is 20.4 Å². The molecule has 0 aromatic rings. The number of carbonyl (C=O) groups is 1. The molecule has 3 heterocycles. The highest BCUT2D eigenvalue weighted by Gasteiger charge is 2.49. The number of hydroxylamine groups is 6. The van der Waals surface area contributed by atoms with Crippen molar-refractivity contribution in [3.05, 3.63) is 0 Å². The van der Waals surface area contributed by atoms with Gasteiger partial charge < -0.3 is 31.2 Å². The van der Waals surface area contributed by atoms with Crippen molar-refractivity contribution in [3.8, 4) is 24.7 Å². The van der Waals surface area contributed by atoms with Crippen molar-refractivity contribution in [1.29, 1.82) is 0 Å². The minimum Gasteiger partial charge on any atom is -0.335 e. The molecule has 10 heteroatoms. The zero-order valence-electron chi connectivity index (χ0n) is 35.1. The average Bonchev–Trinajstić information content (AvgIpc) is 2.97. The van der Waals surface area contributed by atoms with E-state index < -0.39 is 22.2 Å². The number of nitrogens with zero attached hydrogens (tertiary/aromatic N) is 4. The van der Waals surface area contributed by atoms with E-state index in [-0.39, 0.29) is 29.2 Å². The first-order valence-corrected chi connectivity index (χ1v) is 18.7. The molecule has 290 valence electrons. The number of amides is 2. The molecule has 0 saturated carbocycles. The molecule has 3 rings (SSSR count). The van der Waals surface area contributed by atoms with Crippen molar-refractivity contribution in [2.75, 3.05) is 13.1 Å². The molecule has 3 fully saturated rings. The highest BCUT2D eigenvalue weighted by Crippen LogP contribution is 2.40. The van der Waals surface area contributed by atoms with E-state index in [1.807, 2.05) is 60.3 Å². The third-order valence-corrected chi connectivity index (χ3v) is 10.6. The number of nitrogens with one attached hydrogen (secondary N) is 2. The summed E-state index contributed by atoms with van der Waals surface area (Å²) in [6, 6.07) is 0.351. The first-order chi connectivity index (χ1) is 23.2. The van der Waals surface area contributed by atoms with Crippen LogP contribution in [0.1, 0.15) is 162 Å². The summed E-state index contributed by atoms with van der Waals surface area (Å²) in [5.41, 5.74) is -2.09. The third-order valence-electron chi connectivity index (χ3n) is 10.6. The maximum Gasteiger partial charge on any atom is 0.317 e. The monoisotopic (exact) mass is 706 g/mol. The number of piperidine rings is 3. The van der Waals surface area contributed by atoms with Crippen LogP contribution in [0.3, 0.4) is 0 Å². The zero-order chi connectivity index (χ0) is 39.6. The highest BCUT2D eigenvalue weighted by atomic mass is 16.5. The van der Waals surface area contributed by atoms with Crippen LogP contribution in [0, 0.1) is 24.7 Å². The second kappa shape index (κ2) is 18.2. The van der Waals surface area contributed by atoms with Crippen LogP contribution in [-0.2, 0) is 0 Å². The van der Waals surface area contributed by atoms with Crippen LogP contribution < -0.4 is 10.6 Å². The van der Waals surface area contributed by atoms with Gasteiger partial charge in [0.2, 0.25) is 0 Å². The smallest absolute Gasteiger partial charge is 0.317 e. The molecule has 0 aliphatic carbocycles. The second-order valence-corrected chi connectivity index (χ2v) is 18.3. The lowest BCUT2D eigenvalue weighted by atomic mass is 9.78. The molecule has 0 atom stereocenters. The molecule has 0 bridgehead atoms. The molecular formula is C40H76N6O4. The molecule has 0 spiro atoms. The van der Waals surface area contributed by atoms with Crippen molar-refractivity contribution >= 4 is 6.03 Å². The number of hydrogen-bond donors (Lipinski definition) is 5. The largest absolute Gasteiger partial charge is 0.335 e. The van der Waals surface area contributed by atoms with Gasteiger partial charge in [-0.25, -0.2) is 4.79 Å². The highest BCUT2D eigenvalue weighted by molar-refractivity contribution is 5.75. The molecular weight excluding hydrogens is 628 g/mol. The SMILES string of the molecule is C#CCCCN(C(=O)NC1CC(C)(C)N(O)C(C)(C)C1)C1CC(C)(C)N(O)C(C)(C)C1.C#CCCCNC1CC(C)(C)N(O)C(C)(C)C1.[2H]CC. The molecule has 3 saturated heterocycles. The minimum atomic E-state index is -0.441. The summed E-state index contributed by atoms with van der Waals surface area (Å²) in [4.78, 5) is 15.5. The Kier molecular flexibility index (Phi) is 16.1. The summed E-state index contributed by atoms with van der Waals surface area (Å²) >= 11 is 0. The predicted molar refractivity (Wildman–Crippen MR) is 205 cm³/mol. The van der Waals surface area contributed by atoms with Gasteiger partial charge in [0.15, 0.2) is 0 Å². The van der Waals surface area contributed by atoms with Gasteiger partial charge in [0.25, 0.3) is 0 Å². The topological polar surface area (TPSA) is 115 Å². The summed E-state index contributed by atoms with van der Waals surface area (Å²) in [6.45, 7) is 28.2. The van der Waals surface area contributed by atoms with Crippen LogP contribution in [0.4, 0.5) is 4.79 Å². The summed E-state index contributed by atoms with van der Waals surface area (Å²) < 4.78 is 6.21. The summed E-state index contributed by atoms with van der Waals surface area (Å²) in [5.74, 6) is 5.33. The predicted octanol–water partition coefficient (Wildman–Crippen LogP) is 7.66. The molecule has 0 aromatic heterocycles. The Morgan fingerprint density at radius 3 is 1.42 bits per heavy atom. The second-order valence-electron chi connectivity index (χ2n) is 18.3. The van der Waals surface area contributed by atoms with Gasteiger partial charge in [-0.05, 0) is 141 Å². The standard InChI is InChI=1S/C24H44N4O3.C14H26N2O.C2H6/c1-10-11-12-13-26(19-16-23(6,7)28(31)24(8,9)17-19)20(29)25-18-14-21(2,3)27(30)22(4,5)15-18;1-6-7-8-9-15-12-10-13(2,3)16(17)14(4,5)11-12;1-2/h1,18-19,30-31H,11-17H2,2-9H3,(H,25,29);1,12,15,17H,7-11H2,2-5H3;1-2H3/i;;1D.